The number of halogens is 1. The normalized spacial score (nSPS) is 10.7. The molecule has 3 rings (SSSR count). The van der Waals surface area contributed by atoms with Gasteiger partial charge in [-0.2, -0.15) is 0 Å². The molecule has 4 nitrogen and oxygen atoms in total. The van der Waals surface area contributed by atoms with Crippen molar-refractivity contribution in [3.63, 3.8) is 0 Å². The number of ether oxygens (including phenoxy) is 1. The summed E-state index contributed by atoms with van der Waals surface area (Å²) in [5.74, 6) is 1.28. The minimum absolute atomic E-state index is 0.528. The molecule has 0 amide bonds. The van der Waals surface area contributed by atoms with Gasteiger partial charge >= 0.3 is 0 Å². The van der Waals surface area contributed by atoms with E-state index < -0.39 is 0 Å². The van der Waals surface area contributed by atoms with Gasteiger partial charge in [0.1, 0.15) is 11.5 Å². The first-order valence-corrected chi connectivity index (χ1v) is 6.44. The van der Waals surface area contributed by atoms with Crippen molar-refractivity contribution in [2.24, 2.45) is 0 Å². The quantitative estimate of drug-likeness (QED) is 0.724. The molecule has 0 saturated carbocycles. The Hall–Kier alpha value is -2.33. The SMILES string of the molecule is Cc1cc2c(Oc3cncc(Cl)c3)ccc(N)c2cn1. The summed E-state index contributed by atoms with van der Waals surface area (Å²) in [4.78, 5) is 8.26. The number of aromatic nitrogens is 2. The molecule has 0 saturated heterocycles. The molecular formula is C15H12ClN3O. The largest absolute Gasteiger partial charge is 0.455 e. The number of hydrogen-bond donors (Lipinski definition) is 1. The highest BCUT2D eigenvalue weighted by Crippen LogP contribution is 2.33. The van der Waals surface area contributed by atoms with Crippen molar-refractivity contribution in [3.05, 3.63) is 53.6 Å². The van der Waals surface area contributed by atoms with E-state index in [-0.39, 0.29) is 0 Å². The first kappa shape index (κ1) is 12.7. The minimum atomic E-state index is 0.528. The highest BCUT2D eigenvalue weighted by molar-refractivity contribution is 6.30. The number of fused-ring (bicyclic) bond motifs is 1. The van der Waals surface area contributed by atoms with Crippen LogP contribution in [0.15, 0.2) is 42.9 Å². The van der Waals surface area contributed by atoms with Crippen LogP contribution in [0.1, 0.15) is 5.69 Å². The second kappa shape index (κ2) is 4.98. The van der Waals surface area contributed by atoms with Crippen molar-refractivity contribution in [3.8, 4) is 11.5 Å². The van der Waals surface area contributed by atoms with Crippen LogP contribution >= 0.6 is 11.6 Å². The topological polar surface area (TPSA) is 61.0 Å². The van der Waals surface area contributed by atoms with Gasteiger partial charge in [0.05, 0.1) is 11.2 Å². The lowest BCUT2D eigenvalue weighted by atomic mass is 10.1. The molecule has 5 heteroatoms. The van der Waals surface area contributed by atoms with Crippen LogP contribution in [0, 0.1) is 6.92 Å². The fourth-order valence-electron chi connectivity index (χ4n) is 2.00. The Morgan fingerprint density at radius 2 is 1.95 bits per heavy atom. The van der Waals surface area contributed by atoms with Crippen LogP contribution in [0.4, 0.5) is 5.69 Å². The molecule has 0 unspecified atom stereocenters. The van der Waals surface area contributed by atoms with E-state index in [4.69, 9.17) is 22.1 Å². The van der Waals surface area contributed by atoms with Gasteiger partial charge in [0, 0.05) is 40.6 Å². The maximum Gasteiger partial charge on any atom is 0.147 e. The van der Waals surface area contributed by atoms with E-state index in [1.165, 1.54) is 0 Å². The smallest absolute Gasteiger partial charge is 0.147 e. The van der Waals surface area contributed by atoms with Gasteiger partial charge in [-0.1, -0.05) is 11.6 Å². The number of aryl methyl sites for hydroxylation is 1. The summed E-state index contributed by atoms with van der Waals surface area (Å²) in [6, 6.07) is 7.29. The average molecular weight is 286 g/mol. The van der Waals surface area contributed by atoms with E-state index >= 15 is 0 Å². The molecule has 0 aliphatic heterocycles. The predicted octanol–water partition coefficient (Wildman–Crippen LogP) is 3.97. The van der Waals surface area contributed by atoms with Crippen LogP contribution < -0.4 is 10.5 Å². The van der Waals surface area contributed by atoms with Gasteiger partial charge in [-0.25, -0.2) is 0 Å². The van der Waals surface area contributed by atoms with Crippen molar-refractivity contribution < 1.29 is 4.74 Å². The highest BCUT2D eigenvalue weighted by Gasteiger charge is 2.08. The Kier molecular flexibility index (Phi) is 3.16. The molecule has 0 aliphatic rings. The summed E-state index contributed by atoms with van der Waals surface area (Å²) in [6.45, 7) is 1.92. The van der Waals surface area contributed by atoms with Crippen molar-refractivity contribution >= 4 is 28.1 Å². The molecule has 2 aromatic heterocycles. The minimum Gasteiger partial charge on any atom is -0.455 e. The Morgan fingerprint density at radius 1 is 1.10 bits per heavy atom. The number of rotatable bonds is 2. The highest BCUT2D eigenvalue weighted by atomic mass is 35.5. The first-order valence-electron chi connectivity index (χ1n) is 6.07. The second-order valence-electron chi connectivity index (χ2n) is 4.47. The molecule has 2 heterocycles. The van der Waals surface area contributed by atoms with Crippen LogP contribution in [0.5, 0.6) is 11.5 Å². The van der Waals surface area contributed by atoms with Crippen molar-refractivity contribution in [2.45, 2.75) is 6.92 Å². The third kappa shape index (κ3) is 2.38. The van der Waals surface area contributed by atoms with Gasteiger partial charge in [0.2, 0.25) is 0 Å². The lowest BCUT2D eigenvalue weighted by Gasteiger charge is -2.10. The van der Waals surface area contributed by atoms with Crippen LogP contribution in [-0.2, 0) is 0 Å². The molecule has 0 atom stereocenters. The summed E-state index contributed by atoms with van der Waals surface area (Å²) >= 11 is 5.91. The van der Waals surface area contributed by atoms with Crippen molar-refractivity contribution in [2.75, 3.05) is 5.73 Å². The molecular weight excluding hydrogens is 274 g/mol. The number of nitrogens with zero attached hydrogens (tertiary/aromatic N) is 2. The zero-order valence-electron chi connectivity index (χ0n) is 10.8. The maximum atomic E-state index is 5.96. The van der Waals surface area contributed by atoms with E-state index in [0.717, 1.165) is 16.5 Å². The molecule has 0 aliphatic carbocycles. The molecule has 0 spiro atoms. The Bertz CT molecular complexity index is 789. The molecule has 20 heavy (non-hydrogen) atoms. The van der Waals surface area contributed by atoms with Gasteiger partial charge in [0.15, 0.2) is 0 Å². The molecule has 3 aromatic rings. The van der Waals surface area contributed by atoms with E-state index in [1.807, 2.05) is 19.1 Å². The van der Waals surface area contributed by atoms with Crippen LogP contribution in [0.25, 0.3) is 10.8 Å². The summed E-state index contributed by atoms with van der Waals surface area (Å²) < 4.78 is 5.85. The maximum absolute atomic E-state index is 5.96. The van der Waals surface area contributed by atoms with Gasteiger partial charge in [-0.3, -0.25) is 9.97 Å². The van der Waals surface area contributed by atoms with E-state index in [0.29, 0.717) is 22.2 Å². The fraction of sp³-hybridized carbons (Fsp3) is 0.0667. The van der Waals surface area contributed by atoms with E-state index in [1.54, 1.807) is 30.7 Å². The first-order chi connectivity index (χ1) is 9.63. The number of anilines is 1. The number of benzene rings is 1. The van der Waals surface area contributed by atoms with Crippen LogP contribution in [-0.4, -0.2) is 9.97 Å². The summed E-state index contributed by atoms with van der Waals surface area (Å²) in [5.41, 5.74) is 7.53. The molecule has 1 aromatic carbocycles. The average Bonchev–Trinajstić information content (AvgIpc) is 2.42. The van der Waals surface area contributed by atoms with Crippen molar-refractivity contribution in [1.82, 2.24) is 9.97 Å². The summed E-state index contributed by atoms with van der Waals surface area (Å²) in [5, 5.41) is 2.31. The lowest BCUT2D eigenvalue weighted by molar-refractivity contribution is 0.486. The van der Waals surface area contributed by atoms with Crippen LogP contribution in [0.2, 0.25) is 5.02 Å². The molecule has 100 valence electrons. The van der Waals surface area contributed by atoms with E-state index in [9.17, 15) is 0 Å². The summed E-state index contributed by atoms with van der Waals surface area (Å²) in [7, 11) is 0. The Balaban J connectivity index is 2.12. The standard InChI is InChI=1S/C15H12ClN3O/c1-9-4-12-13(8-19-9)14(17)2-3-15(12)20-11-5-10(16)6-18-7-11/h2-8H,17H2,1H3. The predicted molar refractivity (Wildman–Crippen MR) is 80.2 cm³/mol. The van der Waals surface area contributed by atoms with Crippen molar-refractivity contribution in [1.29, 1.82) is 0 Å². The number of pyridine rings is 2. The lowest BCUT2D eigenvalue weighted by Crippen LogP contribution is -1.93. The summed E-state index contributed by atoms with van der Waals surface area (Å²) in [6.07, 6.45) is 4.93. The van der Waals surface area contributed by atoms with Gasteiger partial charge in [-0.15, -0.1) is 0 Å². The molecule has 0 bridgehead atoms. The van der Waals surface area contributed by atoms with E-state index in [2.05, 4.69) is 9.97 Å². The Morgan fingerprint density at radius 3 is 2.75 bits per heavy atom. The second-order valence-corrected chi connectivity index (χ2v) is 4.90. The number of hydrogen-bond acceptors (Lipinski definition) is 4. The molecule has 2 N–H and O–H groups in total. The third-order valence-corrected chi connectivity index (χ3v) is 3.15. The monoisotopic (exact) mass is 285 g/mol. The van der Waals surface area contributed by atoms with Gasteiger partial charge in [0.25, 0.3) is 0 Å². The fourth-order valence-corrected chi connectivity index (χ4v) is 2.17. The van der Waals surface area contributed by atoms with Crippen LogP contribution in [0.3, 0.4) is 0 Å². The van der Waals surface area contributed by atoms with Gasteiger partial charge in [-0.05, 0) is 25.1 Å². The number of nitrogens with two attached hydrogens (primary N) is 1. The number of nitrogen functional groups attached to an aromatic ring is 1. The third-order valence-electron chi connectivity index (χ3n) is 2.94. The zero-order chi connectivity index (χ0) is 14.1. The Labute approximate surface area is 121 Å². The van der Waals surface area contributed by atoms with Gasteiger partial charge < -0.3 is 10.5 Å². The zero-order valence-corrected chi connectivity index (χ0v) is 11.6. The molecule has 0 fully saturated rings. The molecule has 0 radical (unpaired) electrons.